The maximum atomic E-state index is 12.9. The Balaban J connectivity index is 1.81. The molecule has 2 aromatic carbocycles. The molecular formula is C16H12FN3O. The smallest absolute Gasteiger partial charge is 0.169 e. The molecule has 0 bridgehead atoms. The van der Waals surface area contributed by atoms with Gasteiger partial charge in [-0.1, -0.05) is 41.6 Å². The summed E-state index contributed by atoms with van der Waals surface area (Å²) in [5, 5.41) is 10.1. The Hall–Kier alpha value is -2.82. The van der Waals surface area contributed by atoms with E-state index in [0.717, 1.165) is 16.7 Å². The van der Waals surface area contributed by atoms with Crippen LogP contribution in [0.5, 0.6) is 0 Å². The molecule has 1 N–H and O–H groups in total. The molecule has 0 aliphatic carbocycles. The quantitative estimate of drug-likeness (QED) is 0.748. The van der Waals surface area contributed by atoms with Crippen molar-refractivity contribution in [3.63, 3.8) is 0 Å². The van der Waals surface area contributed by atoms with Crippen LogP contribution in [0.4, 0.5) is 4.39 Å². The summed E-state index contributed by atoms with van der Waals surface area (Å²) < 4.78 is 12.9. The molecule has 1 heterocycles. The molecular weight excluding hydrogens is 269 g/mol. The van der Waals surface area contributed by atoms with E-state index < -0.39 is 0 Å². The van der Waals surface area contributed by atoms with Gasteiger partial charge in [0, 0.05) is 6.42 Å². The van der Waals surface area contributed by atoms with Gasteiger partial charge in [-0.15, -0.1) is 5.10 Å². The molecule has 1 aromatic heterocycles. The Morgan fingerprint density at radius 1 is 1.00 bits per heavy atom. The van der Waals surface area contributed by atoms with E-state index in [2.05, 4.69) is 15.4 Å². The summed E-state index contributed by atoms with van der Waals surface area (Å²) in [6, 6.07) is 14.2. The zero-order valence-electron chi connectivity index (χ0n) is 11.1. The normalized spacial score (nSPS) is 10.5. The molecule has 0 amide bonds. The van der Waals surface area contributed by atoms with E-state index in [1.165, 1.54) is 12.1 Å². The number of nitrogens with zero attached hydrogens (tertiary/aromatic N) is 2. The molecule has 0 atom stereocenters. The van der Waals surface area contributed by atoms with Crippen LogP contribution in [0, 0.1) is 5.82 Å². The zero-order chi connectivity index (χ0) is 14.7. The average Bonchev–Trinajstić information content (AvgIpc) is 2.96. The van der Waals surface area contributed by atoms with Gasteiger partial charge in [-0.3, -0.25) is 9.89 Å². The molecule has 0 saturated carbocycles. The Bertz CT molecular complexity index is 748. The summed E-state index contributed by atoms with van der Waals surface area (Å²) in [6.07, 6.45) is 1.25. The number of halogens is 1. The third-order valence-electron chi connectivity index (χ3n) is 3.27. The maximum Gasteiger partial charge on any atom is 0.169 e. The van der Waals surface area contributed by atoms with Gasteiger partial charge in [-0.25, -0.2) is 4.39 Å². The van der Waals surface area contributed by atoms with Crippen molar-refractivity contribution in [1.82, 2.24) is 15.4 Å². The van der Waals surface area contributed by atoms with Gasteiger partial charge in [0.2, 0.25) is 0 Å². The van der Waals surface area contributed by atoms with Gasteiger partial charge in [0.05, 0.1) is 5.69 Å². The van der Waals surface area contributed by atoms with E-state index in [1.54, 1.807) is 12.1 Å². The standard InChI is InChI=1S/C16H12FN3O/c17-14-7-5-13(6-8-14)12-3-1-11(2-4-12)9-15-16(10-21)19-20-18-15/h1-8,10H,9H2,(H,18,19,20). The number of aromatic nitrogens is 3. The van der Waals surface area contributed by atoms with E-state index >= 15 is 0 Å². The molecule has 3 aromatic rings. The van der Waals surface area contributed by atoms with Crippen molar-refractivity contribution in [3.8, 4) is 11.1 Å². The fraction of sp³-hybridized carbons (Fsp3) is 0.0625. The summed E-state index contributed by atoms with van der Waals surface area (Å²) in [5.74, 6) is -0.247. The van der Waals surface area contributed by atoms with Crippen molar-refractivity contribution >= 4 is 6.29 Å². The highest BCUT2D eigenvalue weighted by Gasteiger charge is 2.07. The van der Waals surface area contributed by atoms with Gasteiger partial charge in [-0.2, -0.15) is 0 Å². The number of hydrogen-bond acceptors (Lipinski definition) is 3. The highest BCUT2D eigenvalue weighted by atomic mass is 19.1. The number of carbonyl (C=O) groups excluding carboxylic acids is 1. The minimum absolute atomic E-state index is 0.247. The van der Waals surface area contributed by atoms with Crippen LogP contribution < -0.4 is 0 Å². The molecule has 0 aliphatic rings. The SMILES string of the molecule is O=Cc1[nH]nnc1Cc1ccc(-c2ccc(F)cc2)cc1. The molecule has 5 heteroatoms. The van der Waals surface area contributed by atoms with Crippen molar-refractivity contribution in [2.24, 2.45) is 0 Å². The Morgan fingerprint density at radius 2 is 1.62 bits per heavy atom. The van der Waals surface area contributed by atoms with E-state index in [1.807, 2.05) is 24.3 Å². The predicted molar refractivity (Wildman–Crippen MR) is 76.4 cm³/mol. The number of aldehydes is 1. The summed E-state index contributed by atoms with van der Waals surface area (Å²) in [4.78, 5) is 10.8. The molecule has 0 radical (unpaired) electrons. The first-order valence-electron chi connectivity index (χ1n) is 6.46. The fourth-order valence-electron chi connectivity index (χ4n) is 2.13. The number of carbonyl (C=O) groups is 1. The third kappa shape index (κ3) is 2.86. The summed E-state index contributed by atoms with van der Waals surface area (Å²) in [5.41, 5.74) is 4.02. The second kappa shape index (κ2) is 5.66. The molecule has 0 spiro atoms. The van der Waals surface area contributed by atoms with Crippen molar-refractivity contribution in [2.45, 2.75) is 6.42 Å². The van der Waals surface area contributed by atoms with Gasteiger partial charge in [0.1, 0.15) is 11.5 Å². The molecule has 21 heavy (non-hydrogen) atoms. The van der Waals surface area contributed by atoms with Gasteiger partial charge >= 0.3 is 0 Å². The minimum atomic E-state index is -0.247. The number of rotatable bonds is 4. The zero-order valence-corrected chi connectivity index (χ0v) is 11.1. The molecule has 0 fully saturated rings. The van der Waals surface area contributed by atoms with Gasteiger partial charge in [-0.05, 0) is 28.8 Å². The van der Waals surface area contributed by atoms with Gasteiger partial charge < -0.3 is 0 Å². The second-order valence-corrected chi connectivity index (χ2v) is 4.67. The van der Waals surface area contributed by atoms with Crippen LogP contribution in [-0.4, -0.2) is 21.7 Å². The van der Waals surface area contributed by atoms with Crippen LogP contribution >= 0.6 is 0 Å². The lowest BCUT2D eigenvalue weighted by Gasteiger charge is -2.04. The number of aromatic amines is 1. The summed E-state index contributed by atoms with van der Waals surface area (Å²) in [7, 11) is 0. The van der Waals surface area contributed by atoms with Crippen LogP contribution in [0.25, 0.3) is 11.1 Å². The minimum Gasteiger partial charge on any atom is -0.296 e. The lowest BCUT2D eigenvalue weighted by Crippen LogP contribution is -1.93. The molecule has 3 rings (SSSR count). The third-order valence-corrected chi connectivity index (χ3v) is 3.27. The predicted octanol–water partition coefficient (Wildman–Crippen LogP) is 3.01. The van der Waals surface area contributed by atoms with E-state index in [9.17, 15) is 9.18 Å². The summed E-state index contributed by atoms with van der Waals surface area (Å²) in [6.45, 7) is 0. The Kier molecular flexibility index (Phi) is 3.55. The van der Waals surface area contributed by atoms with Crippen LogP contribution in [-0.2, 0) is 6.42 Å². The number of benzene rings is 2. The molecule has 0 unspecified atom stereocenters. The number of hydrogen-bond donors (Lipinski definition) is 1. The van der Waals surface area contributed by atoms with Crippen molar-refractivity contribution in [1.29, 1.82) is 0 Å². The van der Waals surface area contributed by atoms with Gasteiger partial charge in [0.25, 0.3) is 0 Å². The highest BCUT2D eigenvalue weighted by Crippen LogP contribution is 2.21. The van der Waals surface area contributed by atoms with E-state index in [4.69, 9.17) is 0 Å². The van der Waals surface area contributed by atoms with Crippen molar-refractivity contribution in [3.05, 3.63) is 71.3 Å². The van der Waals surface area contributed by atoms with Crippen LogP contribution in [0.2, 0.25) is 0 Å². The number of nitrogens with one attached hydrogen (secondary N) is 1. The molecule has 4 nitrogen and oxygen atoms in total. The van der Waals surface area contributed by atoms with E-state index in [0.29, 0.717) is 24.1 Å². The maximum absolute atomic E-state index is 12.9. The highest BCUT2D eigenvalue weighted by molar-refractivity contribution is 5.73. The first-order chi connectivity index (χ1) is 10.3. The van der Waals surface area contributed by atoms with E-state index in [-0.39, 0.29) is 5.82 Å². The Labute approximate surface area is 120 Å². The average molecular weight is 281 g/mol. The van der Waals surface area contributed by atoms with Crippen molar-refractivity contribution < 1.29 is 9.18 Å². The first kappa shape index (κ1) is 13.2. The lowest BCUT2D eigenvalue weighted by molar-refractivity contribution is 0.111. The molecule has 104 valence electrons. The second-order valence-electron chi connectivity index (χ2n) is 4.67. The lowest BCUT2D eigenvalue weighted by atomic mass is 10.0. The number of H-pyrrole nitrogens is 1. The first-order valence-corrected chi connectivity index (χ1v) is 6.46. The molecule has 0 saturated heterocycles. The van der Waals surface area contributed by atoms with Crippen molar-refractivity contribution in [2.75, 3.05) is 0 Å². The largest absolute Gasteiger partial charge is 0.296 e. The summed E-state index contributed by atoms with van der Waals surface area (Å²) >= 11 is 0. The Morgan fingerprint density at radius 3 is 2.24 bits per heavy atom. The van der Waals surface area contributed by atoms with Gasteiger partial charge in [0.15, 0.2) is 6.29 Å². The topological polar surface area (TPSA) is 58.6 Å². The fourth-order valence-corrected chi connectivity index (χ4v) is 2.13. The van der Waals surface area contributed by atoms with Crippen LogP contribution in [0.3, 0.4) is 0 Å². The van der Waals surface area contributed by atoms with Crippen LogP contribution in [0.1, 0.15) is 21.7 Å². The monoisotopic (exact) mass is 281 g/mol. The van der Waals surface area contributed by atoms with Crippen LogP contribution in [0.15, 0.2) is 48.5 Å². The molecule has 0 aliphatic heterocycles.